The van der Waals surface area contributed by atoms with Crippen LogP contribution in [0, 0.1) is 5.92 Å². The predicted octanol–water partition coefficient (Wildman–Crippen LogP) is 2.37. The van der Waals surface area contributed by atoms with Crippen molar-refractivity contribution in [2.24, 2.45) is 5.92 Å². The lowest BCUT2D eigenvalue weighted by atomic mass is 9.96. The molecule has 0 N–H and O–H groups in total. The van der Waals surface area contributed by atoms with Crippen LogP contribution < -0.4 is 0 Å². The Morgan fingerprint density at radius 3 is 2.59 bits per heavy atom. The van der Waals surface area contributed by atoms with E-state index in [0.717, 1.165) is 26.1 Å². The van der Waals surface area contributed by atoms with E-state index >= 15 is 0 Å². The van der Waals surface area contributed by atoms with Gasteiger partial charge in [0.1, 0.15) is 0 Å². The molecule has 100 valence electrons. The highest BCUT2D eigenvalue weighted by atomic mass is 16.2. The molecular formula is C14H28N2O. The fourth-order valence-electron chi connectivity index (χ4n) is 2.64. The molecule has 0 aromatic heterocycles. The number of rotatable bonds is 6. The van der Waals surface area contributed by atoms with Crippen LogP contribution in [0.3, 0.4) is 0 Å². The monoisotopic (exact) mass is 240 g/mol. The summed E-state index contributed by atoms with van der Waals surface area (Å²) >= 11 is 0. The standard InChI is InChI=1S/C14H28N2O/c1-4-7-10-15-11-8-9-13(12-15)14(17)16(5-2)6-3/h13H,4-12H2,1-3H3. The van der Waals surface area contributed by atoms with Crippen LogP contribution in [-0.2, 0) is 4.79 Å². The van der Waals surface area contributed by atoms with Crippen LogP contribution in [-0.4, -0.2) is 48.4 Å². The van der Waals surface area contributed by atoms with Gasteiger partial charge in [0, 0.05) is 19.6 Å². The van der Waals surface area contributed by atoms with Crippen molar-refractivity contribution in [1.82, 2.24) is 9.80 Å². The third kappa shape index (κ3) is 4.30. The van der Waals surface area contributed by atoms with E-state index in [1.165, 1.54) is 32.4 Å². The molecule has 0 aromatic rings. The van der Waals surface area contributed by atoms with Crippen molar-refractivity contribution in [3.05, 3.63) is 0 Å². The summed E-state index contributed by atoms with van der Waals surface area (Å²) in [5.41, 5.74) is 0. The Bertz CT molecular complexity index is 226. The van der Waals surface area contributed by atoms with Crippen LogP contribution in [0.1, 0.15) is 46.5 Å². The molecule has 3 nitrogen and oxygen atoms in total. The smallest absolute Gasteiger partial charge is 0.226 e. The molecule has 0 bridgehead atoms. The van der Waals surface area contributed by atoms with E-state index in [1.54, 1.807) is 0 Å². The molecule has 1 fully saturated rings. The van der Waals surface area contributed by atoms with Gasteiger partial charge in [-0.05, 0) is 46.2 Å². The second-order valence-corrected chi connectivity index (χ2v) is 5.00. The van der Waals surface area contributed by atoms with Crippen LogP contribution in [0.2, 0.25) is 0 Å². The summed E-state index contributed by atoms with van der Waals surface area (Å²) in [6.45, 7) is 11.4. The highest BCUT2D eigenvalue weighted by Gasteiger charge is 2.27. The molecule has 1 aliphatic heterocycles. The third-order valence-electron chi connectivity index (χ3n) is 3.76. The summed E-state index contributed by atoms with van der Waals surface area (Å²) < 4.78 is 0. The van der Waals surface area contributed by atoms with Crippen molar-refractivity contribution in [3.8, 4) is 0 Å². The van der Waals surface area contributed by atoms with Crippen molar-refractivity contribution >= 4 is 5.91 Å². The Hall–Kier alpha value is -0.570. The summed E-state index contributed by atoms with van der Waals surface area (Å²) in [6, 6.07) is 0. The molecule has 0 aliphatic carbocycles. The number of piperidine rings is 1. The molecule has 1 rings (SSSR count). The summed E-state index contributed by atoms with van der Waals surface area (Å²) in [6.07, 6.45) is 4.76. The van der Waals surface area contributed by atoms with Crippen LogP contribution in [0.4, 0.5) is 0 Å². The minimum atomic E-state index is 0.250. The molecule has 0 saturated carbocycles. The molecule has 0 aromatic carbocycles. The second kappa shape index (κ2) is 7.70. The Labute approximate surface area is 106 Å². The molecule has 0 radical (unpaired) electrons. The van der Waals surface area contributed by atoms with Crippen molar-refractivity contribution < 1.29 is 4.79 Å². The van der Waals surface area contributed by atoms with E-state index in [4.69, 9.17) is 0 Å². The molecule has 1 saturated heterocycles. The fourth-order valence-corrected chi connectivity index (χ4v) is 2.64. The molecule has 1 amide bonds. The SMILES string of the molecule is CCCCN1CCCC(C(=O)N(CC)CC)C1. The van der Waals surface area contributed by atoms with Crippen LogP contribution in [0.5, 0.6) is 0 Å². The fraction of sp³-hybridized carbons (Fsp3) is 0.929. The number of unbranched alkanes of at least 4 members (excludes halogenated alkanes) is 1. The molecule has 17 heavy (non-hydrogen) atoms. The molecule has 1 unspecified atom stereocenters. The largest absolute Gasteiger partial charge is 0.343 e. The van der Waals surface area contributed by atoms with E-state index in [9.17, 15) is 4.79 Å². The maximum Gasteiger partial charge on any atom is 0.226 e. The first kappa shape index (κ1) is 14.5. The van der Waals surface area contributed by atoms with Gasteiger partial charge in [0.15, 0.2) is 0 Å². The minimum absolute atomic E-state index is 0.250. The van der Waals surface area contributed by atoms with Crippen molar-refractivity contribution in [2.75, 3.05) is 32.7 Å². The average molecular weight is 240 g/mol. The molecule has 1 heterocycles. The lowest BCUT2D eigenvalue weighted by Gasteiger charge is -2.34. The lowest BCUT2D eigenvalue weighted by molar-refractivity contribution is -0.136. The Morgan fingerprint density at radius 1 is 1.29 bits per heavy atom. The highest BCUT2D eigenvalue weighted by molar-refractivity contribution is 5.79. The maximum atomic E-state index is 12.3. The number of carbonyl (C=O) groups is 1. The van der Waals surface area contributed by atoms with Gasteiger partial charge in [-0.25, -0.2) is 0 Å². The number of likely N-dealkylation sites (tertiary alicyclic amines) is 1. The average Bonchev–Trinajstić information content (AvgIpc) is 2.38. The first-order valence-electron chi connectivity index (χ1n) is 7.24. The highest BCUT2D eigenvalue weighted by Crippen LogP contribution is 2.19. The zero-order valence-corrected chi connectivity index (χ0v) is 11.7. The number of hydrogen-bond acceptors (Lipinski definition) is 2. The zero-order valence-electron chi connectivity index (χ0n) is 11.7. The van der Waals surface area contributed by atoms with E-state index in [2.05, 4.69) is 25.7 Å². The Morgan fingerprint density at radius 2 is 2.00 bits per heavy atom. The minimum Gasteiger partial charge on any atom is -0.343 e. The molecule has 0 spiro atoms. The van der Waals surface area contributed by atoms with Gasteiger partial charge in [-0.1, -0.05) is 13.3 Å². The van der Waals surface area contributed by atoms with Gasteiger partial charge in [0.05, 0.1) is 5.92 Å². The summed E-state index contributed by atoms with van der Waals surface area (Å²) in [5, 5.41) is 0. The summed E-state index contributed by atoms with van der Waals surface area (Å²) in [5.74, 6) is 0.622. The van der Waals surface area contributed by atoms with Crippen LogP contribution in [0.15, 0.2) is 0 Å². The van der Waals surface area contributed by atoms with E-state index < -0.39 is 0 Å². The first-order valence-corrected chi connectivity index (χ1v) is 7.24. The third-order valence-corrected chi connectivity index (χ3v) is 3.76. The van der Waals surface area contributed by atoms with Gasteiger partial charge in [-0.2, -0.15) is 0 Å². The summed E-state index contributed by atoms with van der Waals surface area (Å²) in [4.78, 5) is 16.7. The Kier molecular flexibility index (Phi) is 6.56. The topological polar surface area (TPSA) is 23.6 Å². The molecule has 1 aliphatic rings. The normalized spacial score (nSPS) is 21.5. The molecule has 1 atom stereocenters. The van der Waals surface area contributed by atoms with E-state index in [0.29, 0.717) is 5.91 Å². The van der Waals surface area contributed by atoms with E-state index in [-0.39, 0.29) is 5.92 Å². The second-order valence-electron chi connectivity index (χ2n) is 5.00. The predicted molar refractivity (Wildman–Crippen MR) is 72.0 cm³/mol. The zero-order chi connectivity index (χ0) is 12.7. The van der Waals surface area contributed by atoms with Crippen molar-refractivity contribution in [3.63, 3.8) is 0 Å². The number of carbonyl (C=O) groups excluding carboxylic acids is 1. The first-order chi connectivity index (χ1) is 8.22. The number of nitrogens with zero attached hydrogens (tertiary/aromatic N) is 2. The number of hydrogen-bond donors (Lipinski definition) is 0. The van der Waals surface area contributed by atoms with Crippen molar-refractivity contribution in [1.29, 1.82) is 0 Å². The Balaban J connectivity index is 2.45. The quantitative estimate of drug-likeness (QED) is 0.711. The van der Waals surface area contributed by atoms with Gasteiger partial charge in [0.25, 0.3) is 0 Å². The van der Waals surface area contributed by atoms with Crippen molar-refractivity contribution in [2.45, 2.75) is 46.5 Å². The van der Waals surface area contributed by atoms with Crippen LogP contribution in [0.25, 0.3) is 0 Å². The van der Waals surface area contributed by atoms with Crippen LogP contribution >= 0.6 is 0 Å². The molecular weight excluding hydrogens is 212 g/mol. The van der Waals surface area contributed by atoms with Gasteiger partial charge < -0.3 is 9.80 Å². The van der Waals surface area contributed by atoms with Gasteiger partial charge in [0.2, 0.25) is 5.91 Å². The molecule has 3 heteroatoms. The summed E-state index contributed by atoms with van der Waals surface area (Å²) in [7, 11) is 0. The van der Waals surface area contributed by atoms with Gasteiger partial charge >= 0.3 is 0 Å². The maximum absolute atomic E-state index is 12.3. The van der Waals surface area contributed by atoms with Gasteiger partial charge in [-0.3, -0.25) is 4.79 Å². The number of amides is 1. The van der Waals surface area contributed by atoms with E-state index in [1.807, 2.05) is 4.90 Å². The lowest BCUT2D eigenvalue weighted by Crippen LogP contribution is -2.45. The van der Waals surface area contributed by atoms with Gasteiger partial charge in [-0.15, -0.1) is 0 Å².